The number of allylic oxidation sites excluding steroid dienone is 5. The maximum atomic E-state index is 13.1. The maximum Gasteiger partial charge on any atom is 0.165 e. The lowest BCUT2D eigenvalue weighted by Crippen LogP contribution is -2.66. The van der Waals surface area contributed by atoms with Crippen molar-refractivity contribution in [1.29, 1.82) is 0 Å². The van der Waals surface area contributed by atoms with Gasteiger partial charge in [-0.1, -0.05) is 31.2 Å². The molecule has 4 aliphatic carbocycles. The van der Waals surface area contributed by atoms with Crippen LogP contribution in [0.3, 0.4) is 0 Å². The van der Waals surface area contributed by atoms with Crippen molar-refractivity contribution in [2.75, 3.05) is 6.61 Å². The minimum absolute atomic E-state index is 0.0203. The highest BCUT2D eigenvalue weighted by Gasteiger charge is 2.71. The molecule has 0 aromatic heterocycles. The van der Waals surface area contributed by atoms with E-state index in [1.807, 2.05) is 19.1 Å². The lowest BCUT2D eigenvalue weighted by Gasteiger charge is -2.61. The molecular weight excluding hydrogens is 399 g/mol. The van der Waals surface area contributed by atoms with Gasteiger partial charge in [0.15, 0.2) is 17.3 Å². The van der Waals surface area contributed by atoms with E-state index in [1.165, 1.54) is 6.08 Å². The molecule has 6 heteroatoms. The van der Waals surface area contributed by atoms with Gasteiger partial charge >= 0.3 is 0 Å². The summed E-state index contributed by atoms with van der Waals surface area (Å²) in [5.74, 6) is -1.39. The Hall–Kier alpha value is -1.23. The average molecular weight is 423 g/mol. The summed E-state index contributed by atoms with van der Waals surface area (Å²) in [6.07, 6.45) is 6.18. The molecule has 0 spiro atoms. The van der Waals surface area contributed by atoms with Crippen LogP contribution in [-0.2, 0) is 14.4 Å². The highest BCUT2D eigenvalue weighted by atomic mass is 35.5. The number of alkyl halides is 2. The number of halogens is 2. The summed E-state index contributed by atoms with van der Waals surface area (Å²) in [5.41, 5.74) is -0.131. The Kier molecular flexibility index (Phi) is 4.39. The number of ketones is 3. The first-order valence-corrected chi connectivity index (χ1v) is 10.4. The number of fused-ring (bicyclic) bond motifs is 5. The largest absolute Gasteiger partial charge is 0.389 e. The lowest BCUT2D eigenvalue weighted by atomic mass is 9.47. The van der Waals surface area contributed by atoms with Gasteiger partial charge in [0.25, 0.3) is 0 Å². The lowest BCUT2D eigenvalue weighted by molar-refractivity contribution is -0.137. The van der Waals surface area contributed by atoms with Crippen molar-refractivity contribution in [3.8, 4) is 0 Å². The van der Waals surface area contributed by atoms with Gasteiger partial charge in [0.2, 0.25) is 0 Å². The molecule has 4 aliphatic rings. The highest BCUT2D eigenvalue weighted by Crippen LogP contribution is 2.70. The van der Waals surface area contributed by atoms with Crippen LogP contribution in [-0.4, -0.2) is 39.3 Å². The topological polar surface area (TPSA) is 71.4 Å². The minimum Gasteiger partial charge on any atom is -0.389 e. The Morgan fingerprint density at radius 2 is 2.04 bits per heavy atom. The van der Waals surface area contributed by atoms with Crippen molar-refractivity contribution in [2.24, 2.45) is 28.6 Å². The van der Waals surface area contributed by atoms with E-state index in [1.54, 1.807) is 6.92 Å². The molecule has 0 aliphatic heterocycles. The Bertz CT molecular complexity index is 874. The standard InChI is InChI=1S/C22H24Cl2O4/c1-11-6-15-14-5-4-12-7-13(26)8-18(28)21(12,3)22(14,24)17(23)9-20(15,2)19(11)16(27)10-25/h4-5,7,14-15,17,19,25H,1,6,8-10H2,2-3H3/t14-,15-,17?,19+,20-,21+,22-/m0/s1. The maximum absolute atomic E-state index is 13.1. The Morgan fingerprint density at radius 1 is 1.36 bits per heavy atom. The van der Waals surface area contributed by atoms with Crippen LogP contribution in [0.2, 0.25) is 0 Å². The smallest absolute Gasteiger partial charge is 0.165 e. The van der Waals surface area contributed by atoms with Crippen LogP contribution in [0.25, 0.3) is 0 Å². The summed E-state index contributed by atoms with van der Waals surface area (Å²) in [7, 11) is 0. The molecule has 0 aromatic carbocycles. The number of hydrogen-bond donors (Lipinski definition) is 1. The molecular formula is C22H24Cl2O4. The quantitative estimate of drug-likeness (QED) is 0.420. The zero-order chi connectivity index (χ0) is 20.6. The van der Waals surface area contributed by atoms with Gasteiger partial charge in [0, 0.05) is 11.8 Å². The van der Waals surface area contributed by atoms with Crippen LogP contribution < -0.4 is 0 Å². The van der Waals surface area contributed by atoms with Gasteiger partial charge in [0.05, 0.1) is 22.1 Å². The number of aliphatic hydroxyl groups is 1. The van der Waals surface area contributed by atoms with E-state index in [0.29, 0.717) is 18.4 Å². The van der Waals surface area contributed by atoms with E-state index in [4.69, 9.17) is 23.2 Å². The second-order valence-electron chi connectivity index (χ2n) is 9.15. The van der Waals surface area contributed by atoms with Crippen LogP contribution in [0.1, 0.15) is 33.1 Å². The molecule has 2 fully saturated rings. The van der Waals surface area contributed by atoms with E-state index in [2.05, 4.69) is 6.58 Å². The van der Waals surface area contributed by atoms with Gasteiger partial charge in [-0.3, -0.25) is 14.4 Å². The third-order valence-electron chi connectivity index (χ3n) is 7.90. The summed E-state index contributed by atoms with van der Waals surface area (Å²) >= 11 is 14.2. The van der Waals surface area contributed by atoms with Crippen LogP contribution in [0.15, 0.2) is 36.0 Å². The number of rotatable bonds is 2. The van der Waals surface area contributed by atoms with Gasteiger partial charge in [-0.2, -0.15) is 0 Å². The van der Waals surface area contributed by atoms with Crippen LogP contribution in [0, 0.1) is 28.6 Å². The highest BCUT2D eigenvalue weighted by molar-refractivity contribution is 6.36. The van der Waals surface area contributed by atoms with Crippen molar-refractivity contribution >= 4 is 40.6 Å². The molecule has 4 rings (SSSR count). The second kappa shape index (κ2) is 6.13. The monoisotopic (exact) mass is 422 g/mol. The summed E-state index contributed by atoms with van der Waals surface area (Å²) in [5, 5.41) is 8.89. The van der Waals surface area contributed by atoms with Crippen molar-refractivity contribution in [2.45, 2.75) is 43.4 Å². The molecule has 0 bridgehead atoms. The Balaban J connectivity index is 1.89. The number of carbonyl (C=O) groups excluding carboxylic acids is 3. The molecule has 0 amide bonds. The zero-order valence-electron chi connectivity index (χ0n) is 16.0. The van der Waals surface area contributed by atoms with Crippen LogP contribution in [0.5, 0.6) is 0 Å². The molecule has 0 radical (unpaired) electrons. The van der Waals surface area contributed by atoms with Gasteiger partial charge in [-0.15, -0.1) is 23.2 Å². The summed E-state index contributed by atoms with van der Waals surface area (Å²) in [4.78, 5) is 36.5. The van der Waals surface area contributed by atoms with E-state index in [-0.39, 0.29) is 35.6 Å². The molecule has 1 N–H and O–H groups in total. The minimum atomic E-state index is -1.09. The van der Waals surface area contributed by atoms with Crippen molar-refractivity contribution < 1.29 is 19.5 Å². The Labute approximate surface area is 174 Å². The fraction of sp³-hybridized carbons (Fsp3) is 0.591. The molecule has 150 valence electrons. The molecule has 0 heterocycles. The zero-order valence-corrected chi connectivity index (χ0v) is 17.5. The summed E-state index contributed by atoms with van der Waals surface area (Å²) in [6.45, 7) is 7.41. The predicted molar refractivity (Wildman–Crippen MR) is 107 cm³/mol. The van der Waals surface area contributed by atoms with Gasteiger partial charge in [0.1, 0.15) is 6.61 Å². The fourth-order valence-corrected chi connectivity index (χ4v) is 7.70. The van der Waals surface area contributed by atoms with E-state index >= 15 is 0 Å². The third-order valence-corrected chi connectivity index (χ3v) is 9.41. The first-order valence-electron chi connectivity index (χ1n) is 9.62. The number of hydrogen-bond acceptors (Lipinski definition) is 4. The molecule has 4 nitrogen and oxygen atoms in total. The van der Waals surface area contributed by atoms with E-state index in [0.717, 1.165) is 5.57 Å². The molecule has 28 heavy (non-hydrogen) atoms. The van der Waals surface area contributed by atoms with Crippen LogP contribution >= 0.6 is 23.2 Å². The Morgan fingerprint density at radius 3 is 2.68 bits per heavy atom. The van der Waals surface area contributed by atoms with Crippen molar-refractivity contribution in [3.05, 3.63) is 36.0 Å². The van der Waals surface area contributed by atoms with Crippen LogP contribution in [0.4, 0.5) is 0 Å². The van der Waals surface area contributed by atoms with E-state index < -0.39 is 33.6 Å². The van der Waals surface area contributed by atoms with Gasteiger partial charge < -0.3 is 5.11 Å². The molecule has 0 aromatic rings. The van der Waals surface area contributed by atoms with Crippen molar-refractivity contribution in [3.63, 3.8) is 0 Å². The number of Topliss-reactive ketones (excluding diaryl/α,β-unsaturated/α-hetero) is 2. The molecule has 7 atom stereocenters. The summed E-state index contributed by atoms with van der Waals surface area (Å²) in [6, 6.07) is 0. The summed E-state index contributed by atoms with van der Waals surface area (Å²) < 4.78 is 0. The third kappa shape index (κ3) is 2.20. The normalized spacial score (nSPS) is 47.3. The van der Waals surface area contributed by atoms with Crippen molar-refractivity contribution in [1.82, 2.24) is 0 Å². The SMILES string of the molecule is C=C1C[C@H]2[C@@H]3C=CC4=CC(=O)CC(=O)[C@]4(C)[C@@]3(Cl)C(Cl)C[C@]2(C)[C@H]1C(=O)CO. The van der Waals surface area contributed by atoms with E-state index in [9.17, 15) is 19.5 Å². The first kappa shape index (κ1) is 20.1. The fourth-order valence-electron chi connectivity index (χ4n) is 6.49. The van der Waals surface area contributed by atoms with Gasteiger partial charge in [-0.05, 0) is 42.7 Å². The first-order chi connectivity index (χ1) is 13.0. The predicted octanol–water partition coefficient (Wildman–Crippen LogP) is 3.40. The average Bonchev–Trinajstić information content (AvgIpc) is 2.87. The molecule has 1 unspecified atom stereocenters. The van der Waals surface area contributed by atoms with Gasteiger partial charge in [-0.25, -0.2) is 0 Å². The number of carbonyl (C=O) groups is 3. The molecule has 0 saturated heterocycles. The second-order valence-corrected chi connectivity index (χ2v) is 10.3. The molecule has 2 saturated carbocycles. The number of aliphatic hydroxyl groups excluding tert-OH is 1.